The van der Waals surface area contributed by atoms with Crippen molar-refractivity contribution in [1.29, 1.82) is 0 Å². The molecule has 3 atom stereocenters. The molecular weight excluding hydrogens is 368 g/mol. The number of fused-ring (bicyclic) bond motifs is 2. The van der Waals surface area contributed by atoms with E-state index in [1.54, 1.807) is 0 Å². The van der Waals surface area contributed by atoms with Gasteiger partial charge in [-0.05, 0) is 62.3 Å². The summed E-state index contributed by atoms with van der Waals surface area (Å²) in [5, 5.41) is 13.3. The van der Waals surface area contributed by atoms with E-state index in [2.05, 4.69) is 22.4 Å². The van der Waals surface area contributed by atoms with E-state index in [1.165, 1.54) is 31.0 Å². The van der Waals surface area contributed by atoms with Crippen LogP contribution in [-0.4, -0.2) is 32.5 Å². The lowest BCUT2D eigenvalue weighted by atomic mass is 9.95. The number of rotatable bonds is 6. The average Bonchev–Trinajstić information content (AvgIpc) is 3.35. The molecule has 4 rings (SSSR count). The summed E-state index contributed by atoms with van der Waals surface area (Å²) in [6.07, 6.45) is 5.08. The van der Waals surface area contributed by atoms with Crippen LogP contribution in [0.1, 0.15) is 32.6 Å². The normalized spacial score (nSPS) is 24.2. The van der Waals surface area contributed by atoms with Gasteiger partial charge in [-0.25, -0.2) is 0 Å². The monoisotopic (exact) mass is 390 g/mol. The molecule has 2 aliphatic rings. The minimum absolute atomic E-state index is 0.103. The van der Waals surface area contributed by atoms with Gasteiger partial charge in [0.05, 0.1) is 5.75 Å². The number of aromatic nitrogens is 3. The summed E-state index contributed by atoms with van der Waals surface area (Å²) >= 11 is 7.42. The zero-order valence-corrected chi connectivity index (χ0v) is 16.4. The molecule has 2 saturated carbocycles. The second kappa shape index (κ2) is 7.61. The Morgan fingerprint density at radius 3 is 2.73 bits per heavy atom. The highest BCUT2D eigenvalue weighted by molar-refractivity contribution is 7.99. The number of nitrogens with one attached hydrogen (secondary N) is 1. The predicted octanol–water partition coefficient (Wildman–Crippen LogP) is 4.02. The first kappa shape index (κ1) is 17.9. The van der Waals surface area contributed by atoms with E-state index in [4.69, 9.17) is 11.6 Å². The van der Waals surface area contributed by atoms with Gasteiger partial charge in [0.25, 0.3) is 0 Å². The summed E-state index contributed by atoms with van der Waals surface area (Å²) in [4.78, 5) is 12.4. The number of benzene rings is 1. The van der Waals surface area contributed by atoms with Gasteiger partial charge in [-0.15, -0.1) is 10.2 Å². The Kier molecular flexibility index (Phi) is 5.23. The fourth-order valence-corrected chi connectivity index (χ4v) is 5.23. The Labute approximate surface area is 162 Å². The Morgan fingerprint density at radius 2 is 2.08 bits per heavy atom. The molecule has 0 spiro atoms. The van der Waals surface area contributed by atoms with Crippen molar-refractivity contribution in [2.45, 2.75) is 50.4 Å². The van der Waals surface area contributed by atoms with Crippen molar-refractivity contribution in [2.75, 3.05) is 5.75 Å². The van der Waals surface area contributed by atoms with Gasteiger partial charge >= 0.3 is 0 Å². The molecule has 1 amide bonds. The summed E-state index contributed by atoms with van der Waals surface area (Å²) in [6, 6.07) is 7.96. The van der Waals surface area contributed by atoms with Crippen molar-refractivity contribution in [1.82, 2.24) is 20.1 Å². The largest absolute Gasteiger partial charge is 0.352 e. The van der Waals surface area contributed by atoms with Crippen molar-refractivity contribution in [3.8, 4) is 11.4 Å². The Bertz CT molecular complexity index is 791. The first-order valence-electron chi connectivity index (χ1n) is 9.25. The molecule has 0 saturated heterocycles. The number of thioether (sulfide) groups is 1. The summed E-state index contributed by atoms with van der Waals surface area (Å²) in [5.74, 6) is 2.83. The third-order valence-corrected chi connectivity index (χ3v) is 6.77. The number of amides is 1. The van der Waals surface area contributed by atoms with Gasteiger partial charge in [-0.3, -0.25) is 4.79 Å². The minimum Gasteiger partial charge on any atom is -0.352 e. The second-order valence-corrected chi connectivity index (χ2v) is 8.57. The quantitative estimate of drug-likeness (QED) is 0.757. The van der Waals surface area contributed by atoms with E-state index in [1.807, 2.05) is 28.8 Å². The van der Waals surface area contributed by atoms with Gasteiger partial charge < -0.3 is 9.88 Å². The summed E-state index contributed by atoms with van der Waals surface area (Å²) in [5.41, 5.74) is 0.974. The number of hydrogen-bond acceptors (Lipinski definition) is 4. The summed E-state index contributed by atoms with van der Waals surface area (Å²) < 4.78 is 2.04. The first-order valence-corrected chi connectivity index (χ1v) is 10.6. The van der Waals surface area contributed by atoms with Gasteiger partial charge in [0.2, 0.25) is 5.91 Å². The number of nitrogens with zero attached hydrogens (tertiary/aromatic N) is 3. The maximum absolute atomic E-state index is 12.4. The first-order chi connectivity index (χ1) is 12.6. The molecule has 1 aromatic heterocycles. The van der Waals surface area contributed by atoms with E-state index >= 15 is 0 Å². The molecule has 0 radical (unpaired) electrons. The highest BCUT2D eigenvalue weighted by Crippen LogP contribution is 2.44. The van der Waals surface area contributed by atoms with Crippen LogP contribution in [0.5, 0.6) is 0 Å². The summed E-state index contributed by atoms with van der Waals surface area (Å²) in [6.45, 7) is 2.81. The number of hydrogen-bond donors (Lipinski definition) is 1. The smallest absolute Gasteiger partial charge is 0.230 e. The van der Waals surface area contributed by atoms with Gasteiger partial charge in [-0.2, -0.15) is 0 Å². The lowest BCUT2D eigenvalue weighted by Gasteiger charge is -2.22. The maximum Gasteiger partial charge on any atom is 0.230 e. The molecule has 0 unspecified atom stereocenters. The fraction of sp³-hybridized carbons (Fsp3) is 0.526. The highest BCUT2D eigenvalue weighted by atomic mass is 35.5. The van der Waals surface area contributed by atoms with Crippen LogP contribution in [0.15, 0.2) is 29.4 Å². The van der Waals surface area contributed by atoms with E-state index in [-0.39, 0.29) is 5.91 Å². The second-order valence-electron chi connectivity index (χ2n) is 7.19. The molecule has 2 bridgehead atoms. The van der Waals surface area contributed by atoms with Crippen LogP contribution in [0.2, 0.25) is 5.02 Å². The van der Waals surface area contributed by atoms with E-state index in [9.17, 15) is 4.79 Å². The third-order valence-electron chi connectivity index (χ3n) is 5.55. The predicted molar refractivity (Wildman–Crippen MR) is 104 cm³/mol. The fourth-order valence-electron chi connectivity index (χ4n) is 4.29. The van der Waals surface area contributed by atoms with Gasteiger partial charge in [0.1, 0.15) is 0 Å². The van der Waals surface area contributed by atoms with Crippen LogP contribution in [0.3, 0.4) is 0 Å². The van der Waals surface area contributed by atoms with Gasteiger partial charge in [-0.1, -0.05) is 29.8 Å². The molecular formula is C19H23ClN4OS. The molecule has 5 nitrogen and oxygen atoms in total. The Hall–Kier alpha value is -1.53. The third kappa shape index (κ3) is 3.62. The van der Waals surface area contributed by atoms with Crippen LogP contribution >= 0.6 is 23.4 Å². The molecule has 1 heterocycles. The Balaban J connectivity index is 1.39. The van der Waals surface area contributed by atoms with Crippen molar-refractivity contribution < 1.29 is 4.79 Å². The van der Waals surface area contributed by atoms with E-state index in [0.29, 0.717) is 22.7 Å². The summed E-state index contributed by atoms with van der Waals surface area (Å²) in [7, 11) is 0. The minimum atomic E-state index is 0.103. The Morgan fingerprint density at radius 1 is 1.27 bits per heavy atom. The van der Waals surface area contributed by atoms with Crippen molar-refractivity contribution in [3.05, 3.63) is 29.3 Å². The molecule has 2 fully saturated rings. The van der Waals surface area contributed by atoms with Gasteiger partial charge in [0.15, 0.2) is 11.0 Å². The van der Waals surface area contributed by atoms with Crippen molar-refractivity contribution in [2.24, 2.45) is 11.8 Å². The molecule has 138 valence electrons. The SMILES string of the molecule is CCn1c(SCC(=O)N[C@@H]2C[C@H]3CC[C@H]2C3)nnc1-c1ccc(Cl)cc1. The molecule has 2 aromatic rings. The maximum atomic E-state index is 12.4. The molecule has 26 heavy (non-hydrogen) atoms. The number of carbonyl (C=O) groups is 1. The molecule has 1 aromatic carbocycles. The standard InChI is InChI=1S/C19H23ClN4OS/c1-2-24-18(13-5-7-15(20)8-6-13)22-23-19(24)26-11-17(25)21-16-10-12-3-4-14(16)9-12/h5-8,12,14,16H,2-4,9-11H2,1H3,(H,21,25)/t12-,14-,16+/m0/s1. The van der Waals surface area contributed by atoms with Crippen LogP contribution < -0.4 is 5.32 Å². The molecule has 0 aliphatic heterocycles. The number of halogens is 1. The highest BCUT2D eigenvalue weighted by Gasteiger charge is 2.40. The van der Waals surface area contributed by atoms with E-state index < -0.39 is 0 Å². The topological polar surface area (TPSA) is 59.8 Å². The molecule has 1 N–H and O–H groups in total. The van der Waals surface area contributed by atoms with Crippen LogP contribution in [-0.2, 0) is 11.3 Å². The van der Waals surface area contributed by atoms with Crippen LogP contribution in [0.25, 0.3) is 11.4 Å². The lowest BCUT2D eigenvalue weighted by Crippen LogP contribution is -2.39. The zero-order chi connectivity index (χ0) is 18.1. The lowest BCUT2D eigenvalue weighted by molar-refractivity contribution is -0.119. The molecule has 2 aliphatic carbocycles. The van der Waals surface area contributed by atoms with Crippen LogP contribution in [0.4, 0.5) is 0 Å². The van der Waals surface area contributed by atoms with Gasteiger partial charge in [0, 0.05) is 23.2 Å². The average molecular weight is 391 g/mol. The number of carbonyl (C=O) groups excluding carboxylic acids is 1. The van der Waals surface area contributed by atoms with Crippen LogP contribution in [0, 0.1) is 11.8 Å². The molecule has 7 heteroatoms. The zero-order valence-electron chi connectivity index (χ0n) is 14.8. The van der Waals surface area contributed by atoms with E-state index in [0.717, 1.165) is 35.4 Å². The van der Waals surface area contributed by atoms with Crippen molar-refractivity contribution in [3.63, 3.8) is 0 Å². The van der Waals surface area contributed by atoms with Crippen molar-refractivity contribution >= 4 is 29.3 Å².